The molecule has 4 nitrogen and oxygen atoms in total. The minimum Gasteiger partial charge on any atom is -0.491 e. The Morgan fingerprint density at radius 1 is 1.32 bits per heavy atom. The molecular weight excluding hydrogens is 314 g/mol. The highest BCUT2D eigenvalue weighted by Gasteiger charge is 2.42. The Bertz CT molecular complexity index is 543. The van der Waals surface area contributed by atoms with Crippen molar-refractivity contribution in [2.45, 2.75) is 77.9 Å². The first-order valence-corrected chi connectivity index (χ1v) is 9.71. The quantitative estimate of drug-likeness (QED) is 0.705. The highest BCUT2D eigenvalue weighted by molar-refractivity contribution is 5.97. The molecule has 4 heteroatoms. The molecule has 0 saturated heterocycles. The molecule has 1 saturated carbocycles. The molecule has 0 bridgehead atoms. The summed E-state index contributed by atoms with van der Waals surface area (Å²) in [5.74, 6) is 1.33. The van der Waals surface area contributed by atoms with Crippen LogP contribution in [0.1, 0.15) is 66.2 Å². The van der Waals surface area contributed by atoms with Crippen LogP contribution in [0.3, 0.4) is 0 Å². The van der Waals surface area contributed by atoms with Crippen molar-refractivity contribution in [2.75, 3.05) is 11.9 Å². The lowest BCUT2D eigenvalue weighted by atomic mass is 9.78. The second kappa shape index (κ2) is 9.23. The molecule has 1 amide bonds. The van der Waals surface area contributed by atoms with Gasteiger partial charge in [-0.2, -0.15) is 0 Å². The molecule has 3 atom stereocenters. The van der Waals surface area contributed by atoms with E-state index in [0.29, 0.717) is 12.5 Å². The van der Waals surface area contributed by atoms with E-state index in [0.717, 1.165) is 43.5 Å². The van der Waals surface area contributed by atoms with E-state index < -0.39 is 5.60 Å². The molecule has 1 aliphatic rings. The van der Waals surface area contributed by atoms with Gasteiger partial charge in [0, 0.05) is 12.3 Å². The molecule has 2 rings (SSSR count). The van der Waals surface area contributed by atoms with Crippen molar-refractivity contribution >= 4 is 11.6 Å². The first-order valence-electron chi connectivity index (χ1n) is 9.71. The molecule has 0 heterocycles. The molecule has 0 radical (unpaired) electrons. The Hall–Kier alpha value is -1.55. The lowest BCUT2D eigenvalue weighted by molar-refractivity contribution is -0.148. The number of benzene rings is 1. The van der Waals surface area contributed by atoms with Gasteiger partial charge >= 0.3 is 0 Å². The van der Waals surface area contributed by atoms with Gasteiger partial charge in [-0.15, -0.1) is 0 Å². The molecule has 140 valence electrons. The van der Waals surface area contributed by atoms with Gasteiger partial charge in [0.05, 0.1) is 6.10 Å². The van der Waals surface area contributed by atoms with E-state index in [1.54, 1.807) is 0 Å². The standard InChI is InChI=1S/C21H33NO3/c1-5-14-24-21(13-7-8-16(3)15-21)20(23)22-18-9-11-19(12-10-18)25-17(4)6-2/h9-12,16-17H,5-8,13-15H2,1-4H3,(H,22,23)/t16-,17+,21+/m0/s1. The monoisotopic (exact) mass is 347 g/mol. The zero-order valence-electron chi connectivity index (χ0n) is 16.1. The molecule has 0 aromatic heterocycles. The van der Waals surface area contributed by atoms with Crippen LogP contribution in [-0.2, 0) is 9.53 Å². The van der Waals surface area contributed by atoms with Crippen LogP contribution in [0.2, 0.25) is 0 Å². The number of carbonyl (C=O) groups is 1. The number of ether oxygens (including phenoxy) is 2. The zero-order valence-corrected chi connectivity index (χ0v) is 16.1. The number of rotatable bonds is 8. The second-order valence-corrected chi connectivity index (χ2v) is 7.36. The lowest BCUT2D eigenvalue weighted by Gasteiger charge is -2.38. The molecule has 0 unspecified atom stereocenters. The maximum atomic E-state index is 13.0. The summed E-state index contributed by atoms with van der Waals surface area (Å²) >= 11 is 0. The van der Waals surface area contributed by atoms with E-state index in [1.165, 1.54) is 6.42 Å². The second-order valence-electron chi connectivity index (χ2n) is 7.36. The Labute approximate surface area is 152 Å². The van der Waals surface area contributed by atoms with E-state index in [-0.39, 0.29) is 12.0 Å². The Balaban J connectivity index is 2.04. The molecule has 1 aromatic rings. The molecular formula is C21H33NO3. The van der Waals surface area contributed by atoms with Gasteiger partial charge in [-0.25, -0.2) is 0 Å². The van der Waals surface area contributed by atoms with Crippen LogP contribution < -0.4 is 10.1 Å². The SMILES string of the molecule is CCCO[C@]1(C(=O)Nc2ccc(O[C@H](C)CC)cc2)CCC[C@H](C)C1. The summed E-state index contributed by atoms with van der Waals surface area (Å²) in [5.41, 5.74) is 0.110. The third-order valence-electron chi connectivity index (χ3n) is 4.98. The molecule has 1 aromatic carbocycles. The van der Waals surface area contributed by atoms with Crippen LogP contribution in [0.4, 0.5) is 5.69 Å². The van der Waals surface area contributed by atoms with Crippen molar-refractivity contribution in [1.82, 2.24) is 0 Å². The molecule has 0 aliphatic heterocycles. The fourth-order valence-electron chi connectivity index (χ4n) is 3.38. The zero-order chi connectivity index (χ0) is 18.3. The summed E-state index contributed by atoms with van der Waals surface area (Å²) in [4.78, 5) is 13.0. The third kappa shape index (κ3) is 5.46. The van der Waals surface area contributed by atoms with Crippen LogP contribution in [0.25, 0.3) is 0 Å². The van der Waals surface area contributed by atoms with Gasteiger partial charge in [-0.05, 0) is 69.2 Å². The average Bonchev–Trinajstić information content (AvgIpc) is 2.61. The van der Waals surface area contributed by atoms with E-state index in [2.05, 4.69) is 33.0 Å². The summed E-state index contributed by atoms with van der Waals surface area (Å²) in [6, 6.07) is 7.61. The predicted octanol–water partition coefficient (Wildman–Crippen LogP) is 5.18. The number of anilines is 1. The number of amides is 1. The first-order chi connectivity index (χ1) is 12.0. The van der Waals surface area contributed by atoms with Crippen LogP contribution >= 0.6 is 0 Å². The summed E-state index contributed by atoms with van der Waals surface area (Å²) in [6.45, 7) is 9.06. The highest BCUT2D eigenvalue weighted by atomic mass is 16.5. The van der Waals surface area contributed by atoms with Gasteiger partial charge in [-0.3, -0.25) is 4.79 Å². The molecule has 1 aliphatic carbocycles. The minimum atomic E-state index is -0.681. The molecule has 1 fully saturated rings. The maximum absolute atomic E-state index is 13.0. The van der Waals surface area contributed by atoms with Gasteiger partial charge < -0.3 is 14.8 Å². The first kappa shape index (κ1) is 19.8. The molecule has 25 heavy (non-hydrogen) atoms. The van der Waals surface area contributed by atoms with Gasteiger partial charge in [0.15, 0.2) is 0 Å². The number of hydrogen-bond acceptors (Lipinski definition) is 3. The maximum Gasteiger partial charge on any atom is 0.256 e. The summed E-state index contributed by atoms with van der Waals surface area (Å²) in [5, 5.41) is 3.06. The van der Waals surface area contributed by atoms with E-state index >= 15 is 0 Å². The Morgan fingerprint density at radius 3 is 2.64 bits per heavy atom. The van der Waals surface area contributed by atoms with Crippen molar-refractivity contribution < 1.29 is 14.3 Å². The largest absolute Gasteiger partial charge is 0.491 e. The van der Waals surface area contributed by atoms with Crippen LogP contribution in [0.15, 0.2) is 24.3 Å². The highest BCUT2D eigenvalue weighted by Crippen LogP contribution is 2.36. The van der Waals surface area contributed by atoms with Crippen molar-refractivity contribution in [3.8, 4) is 5.75 Å². The van der Waals surface area contributed by atoms with Crippen LogP contribution in [0, 0.1) is 5.92 Å². The average molecular weight is 347 g/mol. The van der Waals surface area contributed by atoms with Crippen LogP contribution in [0.5, 0.6) is 5.75 Å². The third-order valence-corrected chi connectivity index (χ3v) is 4.98. The van der Waals surface area contributed by atoms with Crippen molar-refractivity contribution in [3.63, 3.8) is 0 Å². The van der Waals surface area contributed by atoms with Crippen molar-refractivity contribution in [3.05, 3.63) is 24.3 Å². The fourth-order valence-corrected chi connectivity index (χ4v) is 3.38. The number of nitrogens with one attached hydrogen (secondary N) is 1. The Morgan fingerprint density at radius 2 is 2.04 bits per heavy atom. The van der Waals surface area contributed by atoms with Gasteiger partial charge in [0.25, 0.3) is 5.91 Å². The number of hydrogen-bond donors (Lipinski definition) is 1. The van der Waals surface area contributed by atoms with E-state index in [1.807, 2.05) is 24.3 Å². The smallest absolute Gasteiger partial charge is 0.256 e. The van der Waals surface area contributed by atoms with Gasteiger partial charge in [-0.1, -0.05) is 27.2 Å². The van der Waals surface area contributed by atoms with Crippen molar-refractivity contribution in [2.24, 2.45) is 5.92 Å². The van der Waals surface area contributed by atoms with E-state index in [9.17, 15) is 4.79 Å². The topological polar surface area (TPSA) is 47.6 Å². The summed E-state index contributed by atoms with van der Waals surface area (Å²) in [7, 11) is 0. The summed E-state index contributed by atoms with van der Waals surface area (Å²) < 4.78 is 11.9. The molecule has 0 spiro atoms. The summed E-state index contributed by atoms with van der Waals surface area (Å²) in [6.07, 6.45) is 5.90. The van der Waals surface area contributed by atoms with Gasteiger partial charge in [0.1, 0.15) is 11.4 Å². The lowest BCUT2D eigenvalue weighted by Crippen LogP contribution is -2.48. The minimum absolute atomic E-state index is 0.0110. The van der Waals surface area contributed by atoms with Gasteiger partial charge in [0.2, 0.25) is 0 Å². The van der Waals surface area contributed by atoms with Crippen molar-refractivity contribution in [1.29, 1.82) is 0 Å². The normalized spacial score (nSPS) is 24.6. The van der Waals surface area contributed by atoms with E-state index in [4.69, 9.17) is 9.47 Å². The number of carbonyl (C=O) groups excluding carboxylic acids is 1. The van der Waals surface area contributed by atoms with Crippen LogP contribution in [-0.4, -0.2) is 24.2 Å². The fraction of sp³-hybridized carbons (Fsp3) is 0.667. The molecule has 1 N–H and O–H groups in total. The predicted molar refractivity (Wildman–Crippen MR) is 102 cm³/mol. The Kier molecular flexibility index (Phi) is 7.30.